The predicted octanol–water partition coefficient (Wildman–Crippen LogP) is 4.23. The molecule has 116 valence electrons. The van der Waals surface area contributed by atoms with E-state index in [9.17, 15) is 0 Å². The zero-order chi connectivity index (χ0) is 14.7. The van der Waals surface area contributed by atoms with E-state index < -0.39 is 0 Å². The summed E-state index contributed by atoms with van der Waals surface area (Å²) in [6, 6.07) is 4.41. The van der Waals surface area contributed by atoms with Crippen LogP contribution in [-0.2, 0) is 4.74 Å². The van der Waals surface area contributed by atoms with Gasteiger partial charge in [0.1, 0.15) is 0 Å². The number of nitrogens with zero attached hydrogens (tertiary/aromatic N) is 1. The number of nitrogens with one attached hydrogen (secondary N) is 1. The molecule has 1 aliphatic heterocycles. The Balaban J connectivity index is 1.82. The fourth-order valence-electron chi connectivity index (χ4n) is 4.05. The van der Waals surface area contributed by atoms with Crippen molar-refractivity contribution in [2.24, 2.45) is 5.92 Å². The predicted molar refractivity (Wildman–Crippen MR) is 88.2 cm³/mol. The first-order valence-corrected chi connectivity index (χ1v) is 9.01. The van der Waals surface area contributed by atoms with E-state index in [1.54, 1.807) is 0 Å². The van der Waals surface area contributed by atoms with Gasteiger partial charge in [0.2, 0.25) is 0 Å². The Bertz CT molecular complexity index is 474. The molecule has 2 atom stereocenters. The van der Waals surface area contributed by atoms with Crippen molar-refractivity contribution in [3.05, 3.63) is 28.5 Å². The van der Waals surface area contributed by atoms with Crippen LogP contribution in [0.3, 0.4) is 0 Å². The molecule has 1 saturated carbocycles. The van der Waals surface area contributed by atoms with Gasteiger partial charge in [-0.1, -0.05) is 19.8 Å². The van der Waals surface area contributed by atoms with Crippen LogP contribution in [0.5, 0.6) is 0 Å². The molecular weight excluding hydrogens is 328 g/mol. The SMILES string of the molecule is CCNC(c1ncccc1Br)C1CCOC2(CCCC2)C1. The lowest BCUT2D eigenvalue weighted by molar-refractivity contribution is -0.0983. The van der Waals surface area contributed by atoms with Crippen LogP contribution >= 0.6 is 15.9 Å². The van der Waals surface area contributed by atoms with E-state index in [4.69, 9.17) is 4.74 Å². The minimum absolute atomic E-state index is 0.165. The minimum Gasteiger partial charge on any atom is -0.375 e. The van der Waals surface area contributed by atoms with Gasteiger partial charge in [-0.25, -0.2) is 0 Å². The summed E-state index contributed by atoms with van der Waals surface area (Å²) in [5, 5.41) is 3.67. The molecular formula is C17H25BrN2O. The molecule has 3 nitrogen and oxygen atoms in total. The quantitative estimate of drug-likeness (QED) is 0.879. The van der Waals surface area contributed by atoms with Gasteiger partial charge >= 0.3 is 0 Å². The number of hydrogen-bond acceptors (Lipinski definition) is 3. The van der Waals surface area contributed by atoms with E-state index in [1.165, 1.54) is 32.1 Å². The lowest BCUT2D eigenvalue weighted by Gasteiger charge is -2.41. The first kappa shape index (κ1) is 15.4. The Morgan fingerprint density at radius 2 is 2.29 bits per heavy atom. The van der Waals surface area contributed by atoms with Crippen LogP contribution in [0, 0.1) is 5.92 Å². The fourth-order valence-corrected chi connectivity index (χ4v) is 4.55. The molecule has 4 heteroatoms. The van der Waals surface area contributed by atoms with Crippen molar-refractivity contribution in [3.63, 3.8) is 0 Å². The number of hydrogen-bond donors (Lipinski definition) is 1. The summed E-state index contributed by atoms with van der Waals surface area (Å²) in [6.45, 7) is 4.05. The second kappa shape index (κ2) is 6.76. The van der Waals surface area contributed by atoms with Gasteiger partial charge in [-0.15, -0.1) is 0 Å². The summed E-state index contributed by atoms with van der Waals surface area (Å²) in [5.41, 5.74) is 1.32. The first-order valence-electron chi connectivity index (χ1n) is 8.22. The number of ether oxygens (including phenoxy) is 1. The van der Waals surface area contributed by atoms with Gasteiger partial charge in [0, 0.05) is 17.3 Å². The fraction of sp³-hybridized carbons (Fsp3) is 0.706. The highest BCUT2D eigenvalue weighted by atomic mass is 79.9. The van der Waals surface area contributed by atoms with Crippen LogP contribution in [0.4, 0.5) is 0 Å². The highest BCUT2D eigenvalue weighted by molar-refractivity contribution is 9.10. The first-order chi connectivity index (χ1) is 10.2. The van der Waals surface area contributed by atoms with Crippen molar-refractivity contribution >= 4 is 15.9 Å². The highest BCUT2D eigenvalue weighted by Gasteiger charge is 2.42. The number of halogens is 1. The van der Waals surface area contributed by atoms with Gasteiger partial charge in [-0.3, -0.25) is 4.98 Å². The normalized spacial score (nSPS) is 26.1. The van der Waals surface area contributed by atoms with Gasteiger partial charge in [0.15, 0.2) is 0 Å². The summed E-state index contributed by atoms with van der Waals surface area (Å²) in [7, 11) is 0. The molecule has 2 heterocycles. The second-order valence-electron chi connectivity index (χ2n) is 6.40. The number of rotatable bonds is 4. The second-order valence-corrected chi connectivity index (χ2v) is 7.25. The van der Waals surface area contributed by atoms with Crippen LogP contribution < -0.4 is 5.32 Å². The Morgan fingerprint density at radius 3 is 3.00 bits per heavy atom. The van der Waals surface area contributed by atoms with Crippen molar-refractivity contribution < 1.29 is 4.74 Å². The summed E-state index contributed by atoms with van der Waals surface area (Å²) < 4.78 is 7.30. The summed E-state index contributed by atoms with van der Waals surface area (Å²) in [5.74, 6) is 0.614. The van der Waals surface area contributed by atoms with Gasteiger partial charge in [-0.05, 0) is 66.2 Å². The van der Waals surface area contributed by atoms with Crippen molar-refractivity contribution in [2.45, 2.75) is 57.1 Å². The molecule has 0 amide bonds. The smallest absolute Gasteiger partial charge is 0.0717 e. The van der Waals surface area contributed by atoms with Gasteiger partial charge in [0.05, 0.1) is 17.3 Å². The van der Waals surface area contributed by atoms with Crippen LogP contribution in [0.2, 0.25) is 0 Å². The van der Waals surface area contributed by atoms with E-state index in [0.717, 1.165) is 29.7 Å². The molecule has 3 rings (SSSR count). The highest BCUT2D eigenvalue weighted by Crippen LogP contribution is 2.45. The van der Waals surface area contributed by atoms with Crippen LogP contribution in [0.25, 0.3) is 0 Å². The molecule has 0 radical (unpaired) electrons. The van der Waals surface area contributed by atoms with Crippen LogP contribution in [-0.4, -0.2) is 23.7 Å². The minimum atomic E-state index is 0.165. The van der Waals surface area contributed by atoms with Crippen molar-refractivity contribution in [1.29, 1.82) is 0 Å². The number of pyridine rings is 1. The molecule has 1 aromatic rings. The average Bonchev–Trinajstić information content (AvgIpc) is 2.93. The van der Waals surface area contributed by atoms with E-state index in [2.05, 4.69) is 39.2 Å². The summed E-state index contributed by atoms with van der Waals surface area (Å²) in [6.07, 6.45) is 9.33. The molecule has 1 N–H and O–H groups in total. The van der Waals surface area contributed by atoms with E-state index in [-0.39, 0.29) is 5.60 Å². The Labute approximate surface area is 136 Å². The van der Waals surface area contributed by atoms with Gasteiger partial charge in [-0.2, -0.15) is 0 Å². The largest absolute Gasteiger partial charge is 0.375 e. The molecule has 1 spiro atoms. The van der Waals surface area contributed by atoms with E-state index in [1.807, 2.05) is 12.3 Å². The molecule has 0 bridgehead atoms. The van der Waals surface area contributed by atoms with Gasteiger partial charge < -0.3 is 10.1 Å². The summed E-state index contributed by atoms with van der Waals surface area (Å²) in [4.78, 5) is 4.64. The van der Waals surface area contributed by atoms with Crippen molar-refractivity contribution in [2.75, 3.05) is 13.2 Å². The maximum absolute atomic E-state index is 6.19. The maximum Gasteiger partial charge on any atom is 0.0717 e. The zero-order valence-corrected chi connectivity index (χ0v) is 14.4. The third kappa shape index (κ3) is 3.33. The van der Waals surface area contributed by atoms with Crippen molar-refractivity contribution in [1.82, 2.24) is 10.3 Å². The topological polar surface area (TPSA) is 34.2 Å². The Morgan fingerprint density at radius 1 is 1.48 bits per heavy atom. The third-order valence-corrected chi connectivity index (χ3v) is 5.69. The Kier molecular flexibility index (Phi) is 4.97. The molecule has 2 aliphatic rings. The lowest BCUT2D eigenvalue weighted by atomic mass is 9.79. The van der Waals surface area contributed by atoms with E-state index >= 15 is 0 Å². The number of aromatic nitrogens is 1. The summed E-state index contributed by atoms with van der Waals surface area (Å²) >= 11 is 3.67. The van der Waals surface area contributed by atoms with Crippen molar-refractivity contribution in [3.8, 4) is 0 Å². The lowest BCUT2D eigenvalue weighted by Crippen LogP contribution is -2.42. The van der Waals surface area contributed by atoms with E-state index in [0.29, 0.717) is 12.0 Å². The van der Waals surface area contributed by atoms with Crippen LogP contribution in [0.1, 0.15) is 57.2 Å². The standard InChI is InChI=1S/C17H25BrN2O/c1-2-19-15(16-14(18)6-5-10-20-16)13-7-11-21-17(12-13)8-3-4-9-17/h5-6,10,13,15,19H,2-4,7-9,11-12H2,1H3. The van der Waals surface area contributed by atoms with Gasteiger partial charge in [0.25, 0.3) is 0 Å². The molecule has 2 fully saturated rings. The Hall–Kier alpha value is -0.450. The molecule has 1 aromatic heterocycles. The molecule has 1 aliphatic carbocycles. The monoisotopic (exact) mass is 352 g/mol. The third-order valence-electron chi connectivity index (χ3n) is 5.02. The molecule has 0 aromatic carbocycles. The molecule has 2 unspecified atom stereocenters. The average molecular weight is 353 g/mol. The zero-order valence-electron chi connectivity index (χ0n) is 12.8. The molecule has 21 heavy (non-hydrogen) atoms. The maximum atomic E-state index is 6.19. The molecule has 1 saturated heterocycles. The van der Waals surface area contributed by atoms with Crippen LogP contribution in [0.15, 0.2) is 22.8 Å².